The molecule has 2 atom stereocenters. The van der Waals surface area contributed by atoms with Crippen LogP contribution in [0.1, 0.15) is 58.8 Å². The Bertz CT molecular complexity index is 339. The average Bonchev–Trinajstić information content (AvgIpc) is 2.45. The molecule has 1 saturated carbocycles. The van der Waals surface area contributed by atoms with Gasteiger partial charge in [-0.15, -0.1) is 0 Å². The first-order chi connectivity index (χ1) is 9.49. The number of nitrogens with one attached hydrogen (secondary N) is 1. The van der Waals surface area contributed by atoms with E-state index in [1.165, 1.54) is 0 Å². The van der Waals surface area contributed by atoms with Crippen LogP contribution in [0.3, 0.4) is 0 Å². The van der Waals surface area contributed by atoms with E-state index in [9.17, 15) is 19.8 Å². The molecule has 3 N–H and O–H groups in total. The largest absolute Gasteiger partial charge is 0.481 e. The topological polar surface area (TPSA) is 86.6 Å². The van der Waals surface area contributed by atoms with Crippen molar-refractivity contribution in [2.75, 3.05) is 6.61 Å². The lowest BCUT2D eigenvalue weighted by Crippen LogP contribution is -2.46. The van der Waals surface area contributed by atoms with Gasteiger partial charge in [-0.2, -0.15) is 0 Å². The fraction of sp³-hybridized carbons (Fsp3) is 0.867. The number of carbonyl (C=O) groups excluding carboxylic acids is 1. The maximum atomic E-state index is 12.2. The van der Waals surface area contributed by atoms with E-state index in [1.807, 2.05) is 13.8 Å². The Balaban J connectivity index is 2.63. The number of aliphatic hydroxyl groups excluding tert-OH is 1. The molecule has 5 heteroatoms. The first-order valence-electron chi connectivity index (χ1n) is 7.62. The predicted molar refractivity (Wildman–Crippen MR) is 76.2 cm³/mol. The quantitative estimate of drug-likeness (QED) is 0.667. The predicted octanol–water partition coefficient (Wildman–Crippen LogP) is 1.93. The molecule has 0 spiro atoms. The van der Waals surface area contributed by atoms with Crippen LogP contribution in [0.5, 0.6) is 0 Å². The molecule has 0 aromatic carbocycles. The molecule has 5 nitrogen and oxygen atoms in total. The maximum Gasteiger partial charge on any atom is 0.310 e. The van der Waals surface area contributed by atoms with Crippen LogP contribution in [0, 0.1) is 11.3 Å². The zero-order chi connectivity index (χ0) is 15.2. The molecule has 0 aromatic rings. The van der Waals surface area contributed by atoms with Crippen LogP contribution >= 0.6 is 0 Å². The Morgan fingerprint density at radius 2 is 1.80 bits per heavy atom. The molecule has 0 aliphatic heterocycles. The zero-order valence-electron chi connectivity index (χ0n) is 12.5. The molecule has 20 heavy (non-hydrogen) atoms. The van der Waals surface area contributed by atoms with Gasteiger partial charge in [-0.05, 0) is 25.7 Å². The Labute approximate surface area is 120 Å². The molecule has 1 fully saturated rings. The molecular weight excluding hydrogens is 258 g/mol. The third-order valence-electron chi connectivity index (χ3n) is 4.80. The van der Waals surface area contributed by atoms with Crippen LogP contribution in [0.15, 0.2) is 0 Å². The molecule has 116 valence electrons. The number of carboxylic acids is 1. The summed E-state index contributed by atoms with van der Waals surface area (Å²) in [5, 5.41) is 21.6. The minimum Gasteiger partial charge on any atom is -0.481 e. The second kappa shape index (κ2) is 7.62. The van der Waals surface area contributed by atoms with Gasteiger partial charge in [0, 0.05) is 25.0 Å². The molecule has 2 unspecified atom stereocenters. The fourth-order valence-electron chi connectivity index (χ4n) is 3.06. The van der Waals surface area contributed by atoms with Gasteiger partial charge in [0.1, 0.15) is 0 Å². The van der Waals surface area contributed by atoms with Gasteiger partial charge in [0.25, 0.3) is 0 Å². The zero-order valence-corrected chi connectivity index (χ0v) is 12.5. The van der Waals surface area contributed by atoms with Crippen LogP contribution in [0.4, 0.5) is 0 Å². The summed E-state index contributed by atoms with van der Waals surface area (Å²) in [6.07, 6.45) is 4.83. The van der Waals surface area contributed by atoms with E-state index in [4.69, 9.17) is 0 Å². The van der Waals surface area contributed by atoms with E-state index in [-0.39, 0.29) is 30.9 Å². The van der Waals surface area contributed by atoms with Gasteiger partial charge in [0.15, 0.2) is 0 Å². The monoisotopic (exact) mass is 285 g/mol. The van der Waals surface area contributed by atoms with E-state index < -0.39 is 11.4 Å². The van der Waals surface area contributed by atoms with E-state index in [0.717, 1.165) is 25.7 Å². The van der Waals surface area contributed by atoms with Gasteiger partial charge < -0.3 is 15.5 Å². The molecule has 0 aromatic heterocycles. The van der Waals surface area contributed by atoms with Crippen molar-refractivity contribution in [3.63, 3.8) is 0 Å². The third-order valence-corrected chi connectivity index (χ3v) is 4.80. The fourth-order valence-corrected chi connectivity index (χ4v) is 3.06. The summed E-state index contributed by atoms with van der Waals surface area (Å²) in [6, 6.07) is -0.0125. The van der Waals surface area contributed by atoms with Gasteiger partial charge in [-0.1, -0.05) is 26.7 Å². The van der Waals surface area contributed by atoms with Crippen LogP contribution < -0.4 is 5.32 Å². The first-order valence-corrected chi connectivity index (χ1v) is 7.62. The van der Waals surface area contributed by atoms with Crippen molar-refractivity contribution in [2.24, 2.45) is 11.3 Å². The van der Waals surface area contributed by atoms with Crippen LogP contribution in [0.2, 0.25) is 0 Å². The number of aliphatic carboxylic acids is 1. The number of rotatable bonds is 7. The van der Waals surface area contributed by atoms with Crippen molar-refractivity contribution in [2.45, 2.75) is 64.8 Å². The van der Waals surface area contributed by atoms with Crippen molar-refractivity contribution >= 4 is 11.9 Å². The van der Waals surface area contributed by atoms with Gasteiger partial charge in [0.2, 0.25) is 5.91 Å². The molecule has 0 heterocycles. The highest BCUT2D eigenvalue weighted by molar-refractivity contribution is 5.85. The highest BCUT2D eigenvalue weighted by Gasteiger charge is 2.38. The summed E-state index contributed by atoms with van der Waals surface area (Å²) in [6.45, 7) is 3.70. The number of aliphatic hydroxyl groups is 1. The molecule has 1 aliphatic carbocycles. The second-order valence-electron chi connectivity index (χ2n) is 5.87. The van der Waals surface area contributed by atoms with Crippen molar-refractivity contribution < 1.29 is 19.8 Å². The maximum absolute atomic E-state index is 12.2. The number of hydrogen-bond acceptors (Lipinski definition) is 3. The van der Waals surface area contributed by atoms with E-state index in [0.29, 0.717) is 12.8 Å². The summed E-state index contributed by atoms with van der Waals surface area (Å²) in [7, 11) is 0. The lowest BCUT2D eigenvalue weighted by Gasteiger charge is -2.32. The minimum absolute atomic E-state index is 0.0125. The second-order valence-corrected chi connectivity index (χ2v) is 5.87. The molecule has 0 radical (unpaired) electrons. The number of amides is 1. The van der Waals surface area contributed by atoms with E-state index >= 15 is 0 Å². The minimum atomic E-state index is -0.965. The van der Waals surface area contributed by atoms with Crippen LogP contribution in [0.25, 0.3) is 0 Å². The molecular formula is C15H27NO4. The van der Waals surface area contributed by atoms with E-state index in [1.54, 1.807) is 0 Å². The standard InChI is InChI=1S/C15H27NO4/c1-3-15(4-2,14(19)20)9-13(18)16-12-8-6-5-7-11(12)10-17/h11-12,17H,3-10H2,1-2H3,(H,16,18)(H,19,20). The molecule has 0 bridgehead atoms. The van der Waals surface area contributed by atoms with Crippen molar-refractivity contribution in [1.29, 1.82) is 0 Å². The number of carboxylic acid groups (broad SMARTS) is 1. The van der Waals surface area contributed by atoms with Crippen molar-refractivity contribution in [3.8, 4) is 0 Å². The summed E-state index contributed by atoms with van der Waals surface area (Å²) < 4.78 is 0. The number of hydrogen-bond donors (Lipinski definition) is 3. The van der Waals surface area contributed by atoms with Gasteiger partial charge >= 0.3 is 5.97 Å². The highest BCUT2D eigenvalue weighted by atomic mass is 16.4. The first kappa shape index (κ1) is 17.0. The highest BCUT2D eigenvalue weighted by Crippen LogP contribution is 2.31. The average molecular weight is 285 g/mol. The molecule has 1 amide bonds. The summed E-state index contributed by atoms with van der Waals surface area (Å²) in [5.74, 6) is -1.00. The smallest absolute Gasteiger partial charge is 0.310 e. The molecule has 1 aliphatic rings. The lowest BCUT2D eigenvalue weighted by molar-refractivity contribution is -0.152. The Hall–Kier alpha value is -1.10. The summed E-state index contributed by atoms with van der Waals surface area (Å²) in [4.78, 5) is 23.6. The summed E-state index contributed by atoms with van der Waals surface area (Å²) in [5.41, 5.74) is -0.965. The van der Waals surface area contributed by atoms with Gasteiger partial charge in [-0.3, -0.25) is 9.59 Å². The van der Waals surface area contributed by atoms with E-state index in [2.05, 4.69) is 5.32 Å². The molecule has 1 rings (SSSR count). The van der Waals surface area contributed by atoms with Crippen LogP contribution in [-0.2, 0) is 9.59 Å². The third kappa shape index (κ3) is 3.95. The molecule has 0 saturated heterocycles. The number of carbonyl (C=O) groups is 2. The van der Waals surface area contributed by atoms with Gasteiger partial charge in [0.05, 0.1) is 5.41 Å². The SMILES string of the molecule is CCC(CC)(CC(=O)NC1CCCCC1CO)C(=O)O. The Morgan fingerprint density at radius 1 is 1.20 bits per heavy atom. The Morgan fingerprint density at radius 3 is 2.30 bits per heavy atom. The van der Waals surface area contributed by atoms with Crippen molar-refractivity contribution in [1.82, 2.24) is 5.32 Å². The normalized spacial score (nSPS) is 23.4. The lowest BCUT2D eigenvalue weighted by atomic mass is 9.78. The summed E-state index contributed by atoms with van der Waals surface area (Å²) >= 11 is 0. The Kier molecular flexibility index (Phi) is 6.46. The van der Waals surface area contributed by atoms with Crippen molar-refractivity contribution in [3.05, 3.63) is 0 Å². The van der Waals surface area contributed by atoms with Crippen LogP contribution in [-0.4, -0.2) is 34.7 Å². The van der Waals surface area contributed by atoms with Gasteiger partial charge in [-0.25, -0.2) is 0 Å².